The lowest BCUT2D eigenvalue weighted by Crippen LogP contribution is -2.22. The van der Waals surface area contributed by atoms with Gasteiger partial charge in [0.2, 0.25) is 0 Å². The molecule has 2 N–H and O–H groups in total. The van der Waals surface area contributed by atoms with E-state index in [0.717, 1.165) is 16.1 Å². The molecular weight excluding hydrogens is 258 g/mol. The van der Waals surface area contributed by atoms with Gasteiger partial charge in [0.15, 0.2) is 0 Å². The van der Waals surface area contributed by atoms with E-state index in [9.17, 15) is 5.11 Å². The monoisotopic (exact) mass is 275 g/mol. The first kappa shape index (κ1) is 13.9. The summed E-state index contributed by atoms with van der Waals surface area (Å²) in [6.45, 7) is 4.10. The van der Waals surface area contributed by atoms with E-state index in [1.165, 1.54) is 0 Å². The van der Waals surface area contributed by atoms with Crippen molar-refractivity contribution in [1.82, 2.24) is 5.32 Å². The first-order valence-corrected chi connectivity index (χ1v) is 6.75. The molecule has 0 aliphatic carbocycles. The Morgan fingerprint density at radius 3 is 2.05 bits per heavy atom. The molecule has 2 aromatic rings. The van der Waals surface area contributed by atoms with Crippen LogP contribution in [0.2, 0.25) is 5.02 Å². The standard InChI is InChI=1S/C16H18ClNO/c1-11(13-7-3-5-9-15(13)17)18-12(2)14-8-4-6-10-16(14)19/h3-12,18-19H,1-2H3. The lowest BCUT2D eigenvalue weighted by molar-refractivity contribution is 0.438. The normalized spacial score (nSPS) is 14.1. The fourth-order valence-corrected chi connectivity index (χ4v) is 2.53. The molecule has 0 spiro atoms. The van der Waals surface area contributed by atoms with Gasteiger partial charge in [-0.1, -0.05) is 48.0 Å². The summed E-state index contributed by atoms with van der Waals surface area (Å²) >= 11 is 6.19. The highest BCUT2D eigenvalue weighted by molar-refractivity contribution is 6.31. The second kappa shape index (κ2) is 6.09. The molecule has 3 heteroatoms. The van der Waals surface area contributed by atoms with Crippen molar-refractivity contribution < 1.29 is 5.11 Å². The van der Waals surface area contributed by atoms with Gasteiger partial charge in [-0.05, 0) is 31.5 Å². The lowest BCUT2D eigenvalue weighted by Gasteiger charge is -2.22. The van der Waals surface area contributed by atoms with Gasteiger partial charge in [0.1, 0.15) is 5.75 Å². The van der Waals surface area contributed by atoms with E-state index in [1.54, 1.807) is 6.07 Å². The number of hydrogen-bond acceptors (Lipinski definition) is 2. The third-order valence-electron chi connectivity index (χ3n) is 3.27. The molecule has 0 radical (unpaired) electrons. The minimum Gasteiger partial charge on any atom is -0.508 e. The van der Waals surface area contributed by atoms with Gasteiger partial charge in [-0.25, -0.2) is 0 Å². The molecule has 0 aliphatic rings. The van der Waals surface area contributed by atoms with Crippen LogP contribution in [0.4, 0.5) is 0 Å². The van der Waals surface area contributed by atoms with Crippen molar-refractivity contribution in [2.45, 2.75) is 25.9 Å². The summed E-state index contributed by atoms with van der Waals surface area (Å²) < 4.78 is 0. The molecule has 0 saturated heterocycles. The molecule has 2 nitrogen and oxygen atoms in total. The molecule has 0 aromatic heterocycles. The second-order valence-electron chi connectivity index (χ2n) is 4.69. The fourth-order valence-electron chi connectivity index (χ4n) is 2.23. The first-order valence-electron chi connectivity index (χ1n) is 6.38. The van der Waals surface area contributed by atoms with Crippen LogP contribution in [0.25, 0.3) is 0 Å². The molecule has 0 saturated carbocycles. The average Bonchev–Trinajstić information content (AvgIpc) is 2.39. The molecule has 0 bridgehead atoms. The highest BCUT2D eigenvalue weighted by Gasteiger charge is 2.15. The van der Waals surface area contributed by atoms with Gasteiger partial charge in [-0.15, -0.1) is 0 Å². The molecule has 19 heavy (non-hydrogen) atoms. The second-order valence-corrected chi connectivity index (χ2v) is 5.10. The van der Waals surface area contributed by atoms with E-state index in [4.69, 9.17) is 11.6 Å². The molecule has 2 atom stereocenters. The van der Waals surface area contributed by atoms with E-state index < -0.39 is 0 Å². The highest BCUT2D eigenvalue weighted by Crippen LogP contribution is 2.28. The number of halogens is 1. The predicted molar refractivity (Wildman–Crippen MR) is 79.5 cm³/mol. The van der Waals surface area contributed by atoms with Gasteiger partial charge in [0.25, 0.3) is 0 Å². The van der Waals surface area contributed by atoms with E-state index in [0.29, 0.717) is 5.75 Å². The van der Waals surface area contributed by atoms with Crippen molar-refractivity contribution in [2.75, 3.05) is 0 Å². The number of para-hydroxylation sites is 1. The summed E-state index contributed by atoms with van der Waals surface area (Å²) in [5.41, 5.74) is 1.95. The Bertz CT molecular complexity index is 506. The number of phenolic OH excluding ortho intramolecular Hbond substituents is 1. The van der Waals surface area contributed by atoms with Gasteiger partial charge in [-0.2, -0.15) is 0 Å². The number of rotatable bonds is 4. The molecule has 0 amide bonds. The molecule has 2 unspecified atom stereocenters. The van der Waals surface area contributed by atoms with Crippen molar-refractivity contribution in [3.8, 4) is 5.75 Å². The SMILES string of the molecule is CC(NC(C)c1ccccc1Cl)c1ccccc1O. The Morgan fingerprint density at radius 2 is 1.42 bits per heavy atom. The lowest BCUT2D eigenvalue weighted by atomic mass is 10.0. The largest absolute Gasteiger partial charge is 0.508 e. The van der Waals surface area contributed by atoms with Crippen LogP contribution in [-0.2, 0) is 0 Å². The van der Waals surface area contributed by atoms with Crippen molar-refractivity contribution >= 4 is 11.6 Å². The smallest absolute Gasteiger partial charge is 0.120 e. The van der Waals surface area contributed by atoms with Crippen LogP contribution in [0, 0.1) is 0 Å². The molecule has 2 aromatic carbocycles. The highest BCUT2D eigenvalue weighted by atomic mass is 35.5. The van der Waals surface area contributed by atoms with Gasteiger partial charge >= 0.3 is 0 Å². The van der Waals surface area contributed by atoms with E-state index in [-0.39, 0.29) is 12.1 Å². The van der Waals surface area contributed by atoms with Gasteiger partial charge in [0.05, 0.1) is 0 Å². The molecule has 100 valence electrons. The van der Waals surface area contributed by atoms with Crippen LogP contribution in [0.15, 0.2) is 48.5 Å². The first-order chi connectivity index (χ1) is 9.09. The zero-order valence-corrected chi connectivity index (χ0v) is 11.9. The summed E-state index contributed by atoms with van der Waals surface area (Å²) in [5.74, 6) is 0.314. The van der Waals surface area contributed by atoms with Crippen LogP contribution < -0.4 is 5.32 Å². The van der Waals surface area contributed by atoms with E-state index in [2.05, 4.69) is 12.2 Å². The third kappa shape index (κ3) is 3.28. The fraction of sp³-hybridized carbons (Fsp3) is 0.250. The topological polar surface area (TPSA) is 32.3 Å². The summed E-state index contributed by atoms with van der Waals surface area (Å²) in [6, 6.07) is 15.3. The predicted octanol–water partition coefficient (Wildman–Crippen LogP) is 4.46. The van der Waals surface area contributed by atoms with Crippen molar-refractivity contribution in [1.29, 1.82) is 0 Å². The van der Waals surface area contributed by atoms with Crippen LogP contribution in [0.5, 0.6) is 5.75 Å². The third-order valence-corrected chi connectivity index (χ3v) is 3.62. The van der Waals surface area contributed by atoms with Gasteiger partial charge in [0, 0.05) is 22.7 Å². The summed E-state index contributed by atoms with van der Waals surface area (Å²) in [5, 5.41) is 14.1. The zero-order chi connectivity index (χ0) is 13.8. The Morgan fingerprint density at radius 1 is 0.895 bits per heavy atom. The van der Waals surface area contributed by atoms with Crippen LogP contribution in [0.3, 0.4) is 0 Å². The van der Waals surface area contributed by atoms with Crippen LogP contribution in [0.1, 0.15) is 37.1 Å². The van der Waals surface area contributed by atoms with Crippen molar-refractivity contribution in [3.63, 3.8) is 0 Å². The molecular formula is C16H18ClNO. The number of benzene rings is 2. The Kier molecular flexibility index (Phi) is 4.46. The number of nitrogens with one attached hydrogen (secondary N) is 1. The number of phenols is 1. The average molecular weight is 276 g/mol. The Hall–Kier alpha value is -1.51. The summed E-state index contributed by atoms with van der Waals surface area (Å²) in [7, 11) is 0. The number of aromatic hydroxyl groups is 1. The Labute approximate surface area is 119 Å². The Balaban J connectivity index is 2.13. The van der Waals surface area contributed by atoms with Crippen LogP contribution in [-0.4, -0.2) is 5.11 Å². The molecule has 0 fully saturated rings. The van der Waals surface area contributed by atoms with Crippen LogP contribution >= 0.6 is 11.6 Å². The zero-order valence-electron chi connectivity index (χ0n) is 11.1. The minimum absolute atomic E-state index is 0.0486. The maximum atomic E-state index is 9.85. The van der Waals surface area contributed by atoms with Crippen molar-refractivity contribution in [3.05, 3.63) is 64.7 Å². The summed E-state index contributed by atoms with van der Waals surface area (Å²) in [4.78, 5) is 0. The van der Waals surface area contributed by atoms with Gasteiger partial charge < -0.3 is 10.4 Å². The molecule has 2 rings (SSSR count). The van der Waals surface area contributed by atoms with Gasteiger partial charge in [-0.3, -0.25) is 0 Å². The van der Waals surface area contributed by atoms with E-state index >= 15 is 0 Å². The maximum absolute atomic E-state index is 9.85. The minimum atomic E-state index is 0.0486. The molecule has 0 aliphatic heterocycles. The van der Waals surface area contributed by atoms with Crippen molar-refractivity contribution in [2.24, 2.45) is 0 Å². The quantitative estimate of drug-likeness (QED) is 0.864. The number of hydrogen-bond donors (Lipinski definition) is 2. The maximum Gasteiger partial charge on any atom is 0.120 e. The van der Waals surface area contributed by atoms with E-state index in [1.807, 2.05) is 49.4 Å². The summed E-state index contributed by atoms with van der Waals surface area (Å²) in [6.07, 6.45) is 0. The molecule has 0 heterocycles.